The van der Waals surface area contributed by atoms with Crippen molar-refractivity contribution in [3.63, 3.8) is 0 Å². The molecule has 0 spiro atoms. The Morgan fingerprint density at radius 3 is 2.55 bits per heavy atom. The number of benzene rings is 2. The first kappa shape index (κ1) is 19.4. The van der Waals surface area contributed by atoms with E-state index >= 15 is 0 Å². The topological polar surface area (TPSA) is 72.1 Å². The van der Waals surface area contributed by atoms with E-state index in [4.69, 9.17) is 4.98 Å². The van der Waals surface area contributed by atoms with E-state index in [1.807, 2.05) is 25.4 Å². The molecule has 0 saturated carbocycles. The van der Waals surface area contributed by atoms with Crippen LogP contribution in [0.4, 0.5) is 28.8 Å². The second-order valence-corrected chi connectivity index (χ2v) is 8.06. The number of H-pyrrole nitrogens is 1. The summed E-state index contributed by atoms with van der Waals surface area (Å²) >= 11 is 0. The van der Waals surface area contributed by atoms with Crippen LogP contribution in [0.5, 0.6) is 0 Å². The predicted octanol–water partition coefficient (Wildman–Crippen LogP) is 4.51. The van der Waals surface area contributed by atoms with E-state index in [-0.39, 0.29) is 0 Å². The molecule has 158 valence electrons. The lowest BCUT2D eigenvalue weighted by molar-refractivity contribution is 0.313. The molecule has 4 aromatic rings. The fourth-order valence-electron chi connectivity index (χ4n) is 3.90. The molecule has 1 aliphatic rings. The van der Waals surface area contributed by atoms with E-state index in [9.17, 15) is 0 Å². The van der Waals surface area contributed by atoms with Crippen molar-refractivity contribution < 1.29 is 0 Å². The van der Waals surface area contributed by atoms with Crippen LogP contribution < -0.4 is 15.5 Å². The van der Waals surface area contributed by atoms with Gasteiger partial charge in [-0.2, -0.15) is 4.98 Å². The van der Waals surface area contributed by atoms with Crippen molar-refractivity contribution in [3.8, 4) is 0 Å². The number of hydrogen-bond donors (Lipinski definition) is 3. The molecule has 1 fully saturated rings. The lowest BCUT2D eigenvalue weighted by Crippen LogP contribution is -2.44. The van der Waals surface area contributed by atoms with Crippen LogP contribution in [0, 0.1) is 6.92 Å². The average Bonchev–Trinajstić information content (AvgIpc) is 3.27. The summed E-state index contributed by atoms with van der Waals surface area (Å²) < 4.78 is 0. The highest BCUT2D eigenvalue weighted by molar-refractivity contribution is 5.93. The predicted molar refractivity (Wildman–Crippen MR) is 128 cm³/mol. The van der Waals surface area contributed by atoms with Gasteiger partial charge in [-0.1, -0.05) is 6.07 Å². The molecule has 3 N–H and O–H groups in total. The Morgan fingerprint density at radius 2 is 1.74 bits per heavy atom. The Morgan fingerprint density at radius 1 is 0.935 bits per heavy atom. The van der Waals surface area contributed by atoms with E-state index in [2.05, 4.69) is 79.9 Å². The number of likely N-dealkylation sites (N-methyl/N-ethyl adjacent to an activating group) is 1. The van der Waals surface area contributed by atoms with Gasteiger partial charge in [0.05, 0.1) is 0 Å². The zero-order valence-corrected chi connectivity index (χ0v) is 17.9. The molecule has 0 atom stereocenters. The second-order valence-electron chi connectivity index (χ2n) is 8.06. The van der Waals surface area contributed by atoms with Gasteiger partial charge in [-0.25, -0.2) is 4.98 Å². The molecule has 31 heavy (non-hydrogen) atoms. The van der Waals surface area contributed by atoms with Crippen molar-refractivity contribution in [2.45, 2.75) is 6.92 Å². The van der Waals surface area contributed by atoms with Crippen LogP contribution in [0.1, 0.15) is 5.56 Å². The smallest absolute Gasteiger partial charge is 0.229 e. The molecule has 0 bridgehead atoms. The van der Waals surface area contributed by atoms with Crippen molar-refractivity contribution in [3.05, 3.63) is 66.5 Å². The maximum atomic E-state index is 4.72. The van der Waals surface area contributed by atoms with Gasteiger partial charge in [-0.15, -0.1) is 0 Å². The number of piperazine rings is 1. The first-order valence-electron chi connectivity index (χ1n) is 10.6. The summed E-state index contributed by atoms with van der Waals surface area (Å²) in [7, 11) is 2.17. The molecule has 1 saturated heterocycles. The standard InChI is InChI=1S/C24H27N7/c1-17-16-26-24(29-23(17)28-22-5-3-4-21-20(22)10-11-25-21)27-18-6-8-19(9-7-18)31-14-12-30(2)13-15-31/h3-11,16,25H,12-15H2,1-2H3,(H2,26,27,28,29). The van der Waals surface area contributed by atoms with E-state index < -0.39 is 0 Å². The van der Waals surface area contributed by atoms with Crippen LogP contribution in [-0.4, -0.2) is 53.1 Å². The first-order chi connectivity index (χ1) is 15.2. The lowest BCUT2D eigenvalue weighted by Gasteiger charge is -2.34. The Kier molecular flexibility index (Phi) is 5.18. The number of nitrogens with zero attached hydrogens (tertiary/aromatic N) is 4. The molecule has 0 unspecified atom stereocenters. The SMILES string of the molecule is Cc1cnc(Nc2ccc(N3CCN(C)CC3)cc2)nc1Nc1cccc2[nH]ccc12. The third-order valence-electron chi connectivity index (χ3n) is 5.81. The van der Waals surface area contributed by atoms with E-state index in [0.29, 0.717) is 5.95 Å². The lowest BCUT2D eigenvalue weighted by atomic mass is 10.2. The summed E-state index contributed by atoms with van der Waals surface area (Å²) in [5.41, 5.74) is 5.33. The number of hydrogen-bond acceptors (Lipinski definition) is 6. The summed E-state index contributed by atoms with van der Waals surface area (Å²) in [5, 5.41) is 7.93. The largest absolute Gasteiger partial charge is 0.369 e. The van der Waals surface area contributed by atoms with Crippen molar-refractivity contribution in [2.75, 3.05) is 48.8 Å². The third kappa shape index (κ3) is 4.18. The van der Waals surface area contributed by atoms with Crippen molar-refractivity contribution >= 4 is 39.7 Å². The molecule has 7 nitrogen and oxygen atoms in total. The zero-order chi connectivity index (χ0) is 21.2. The van der Waals surface area contributed by atoms with Gasteiger partial charge in [0.15, 0.2) is 0 Å². The quantitative estimate of drug-likeness (QED) is 0.447. The van der Waals surface area contributed by atoms with Gasteiger partial charge in [0.1, 0.15) is 5.82 Å². The molecular weight excluding hydrogens is 386 g/mol. The molecule has 7 heteroatoms. The van der Waals surface area contributed by atoms with E-state index in [0.717, 1.165) is 59.8 Å². The number of nitrogens with one attached hydrogen (secondary N) is 3. The number of anilines is 5. The molecule has 0 radical (unpaired) electrons. The fourth-order valence-corrected chi connectivity index (χ4v) is 3.90. The number of rotatable bonds is 5. The van der Waals surface area contributed by atoms with Crippen molar-refractivity contribution in [2.24, 2.45) is 0 Å². The molecule has 0 amide bonds. The van der Waals surface area contributed by atoms with Crippen LogP contribution in [0.15, 0.2) is 60.9 Å². The molecule has 0 aliphatic carbocycles. The van der Waals surface area contributed by atoms with Gasteiger partial charge in [0, 0.05) is 72.1 Å². The summed E-state index contributed by atoms with van der Waals surface area (Å²) in [5.74, 6) is 1.36. The zero-order valence-electron chi connectivity index (χ0n) is 17.9. The number of fused-ring (bicyclic) bond motifs is 1. The highest BCUT2D eigenvalue weighted by atomic mass is 15.2. The highest BCUT2D eigenvalue weighted by Crippen LogP contribution is 2.27. The molecule has 3 heterocycles. The number of aromatic amines is 1. The van der Waals surface area contributed by atoms with Gasteiger partial charge < -0.3 is 25.4 Å². The second kappa shape index (κ2) is 8.28. The van der Waals surface area contributed by atoms with Gasteiger partial charge in [-0.3, -0.25) is 0 Å². The maximum Gasteiger partial charge on any atom is 0.229 e. The Labute approximate surface area is 182 Å². The van der Waals surface area contributed by atoms with Crippen molar-refractivity contribution in [1.29, 1.82) is 0 Å². The van der Waals surface area contributed by atoms with Crippen LogP contribution in [-0.2, 0) is 0 Å². The van der Waals surface area contributed by atoms with E-state index in [1.54, 1.807) is 0 Å². The first-order valence-corrected chi connectivity index (χ1v) is 10.6. The molecule has 2 aromatic carbocycles. The summed E-state index contributed by atoms with van der Waals surface area (Å²) in [6, 6.07) is 16.7. The van der Waals surface area contributed by atoms with E-state index in [1.165, 1.54) is 5.69 Å². The van der Waals surface area contributed by atoms with Crippen LogP contribution in [0.3, 0.4) is 0 Å². The summed E-state index contributed by atoms with van der Waals surface area (Å²) in [6.45, 7) is 6.34. The minimum Gasteiger partial charge on any atom is -0.369 e. The number of aromatic nitrogens is 3. The Balaban J connectivity index is 1.32. The van der Waals surface area contributed by atoms with Crippen LogP contribution >= 0.6 is 0 Å². The molecule has 2 aromatic heterocycles. The Hall–Kier alpha value is -3.58. The molecule has 1 aliphatic heterocycles. The van der Waals surface area contributed by atoms with Gasteiger partial charge >= 0.3 is 0 Å². The van der Waals surface area contributed by atoms with Crippen LogP contribution in [0.25, 0.3) is 10.9 Å². The third-order valence-corrected chi connectivity index (χ3v) is 5.81. The summed E-state index contributed by atoms with van der Waals surface area (Å²) in [6.07, 6.45) is 3.79. The average molecular weight is 414 g/mol. The minimum absolute atomic E-state index is 0.571. The van der Waals surface area contributed by atoms with Crippen molar-refractivity contribution in [1.82, 2.24) is 19.9 Å². The normalized spacial score (nSPS) is 14.7. The number of aryl methyl sites for hydroxylation is 1. The maximum absolute atomic E-state index is 4.72. The van der Waals surface area contributed by atoms with Gasteiger partial charge in [0.25, 0.3) is 0 Å². The minimum atomic E-state index is 0.571. The van der Waals surface area contributed by atoms with Crippen LogP contribution in [0.2, 0.25) is 0 Å². The Bertz CT molecular complexity index is 1170. The molecular formula is C24H27N7. The fraction of sp³-hybridized carbons (Fsp3) is 0.250. The van der Waals surface area contributed by atoms with Gasteiger partial charge in [-0.05, 0) is 56.4 Å². The summed E-state index contributed by atoms with van der Waals surface area (Å²) in [4.78, 5) is 17.2. The highest BCUT2D eigenvalue weighted by Gasteiger charge is 2.14. The van der Waals surface area contributed by atoms with Gasteiger partial charge in [0.2, 0.25) is 5.95 Å². The monoisotopic (exact) mass is 413 g/mol. The molecule has 5 rings (SSSR count).